The average molecular weight is 326 g/mol. The summed E-state index contributed by atoms with van der Waals surface area (Å²) in [4.78, 5) is 28.4. The van der Waals surface area contributed by atoms with Crippen molar-refractivity contribution in [3.05, 3.63) is 51.2 Å². The summed E-state index contributed by atoms with van der Waals surface area (Å²) in [6.07, 6.45) is 1.25. The predicted molar refractivity (Wildman–Crippen MR) is 78.6 cm³/mol. The molecule has 1 aromatic heterocycles. The maximum Gasteiger partial charge on any atom is 0.267 e. The Balaban J connectivity index is 1.91. The van der Waals surface area contributed by atoms with Crippen LogP contribution in [0, 0.1) is 5.82 Å². The molecule has 1 aromatic carbocycles. The van der Waals surface area contributed by atoms with Gasteiger partial charge < -0.3 is 5.32 Å². The van der Waals surface area contributed by atoms with Crippen LogP contribution < -0.4 is 10.9 Å². The summed E-state index contributed by atoms with van der Waals surface area (Å²) in [6, 6.07) is 3.59. The number of carbonyl (C=O) groups excluding carboxylic acids is 1. The lowest BCUT2D eigenvalue weighted by Gasteiger charge is -2.08. The van der Waals surface area contributed by atoms with Gasteiger partial charge in [-0.05, 0) is 18.2 Å². The number of nitrogens with one attached hydrogen (secondary N) is 1. The highest BCUT2D eigenvalue weighted by molar-refractivity contribution is 7.99. The molecular formula is C13H9ClFN3O2S. The Labute approximate surface area is 128 Å². The van der Waals surface area contributed by atoms with E-state index < -0.39 is 11.7 Å². The van der Waals surface area contributed by atoms with Crippen LogP contribution in [0.3, 0.4) is 0 Å². The molecule has 21 heavy (non-hydrogen) atoms. The number of amides is 1. The molecule has 0 spiro atoms. The Morgan fingerprint density at radius 1 is 1.48 bits per heavy atom. The average Bonchev–Trinajstić information content (AvgIpc) is 2.91. The minimum atomic E-state index is -0.617. The van der Waals surface area contributed by atoms with E-state index in [1.165, 1.54) is 34.7 Å². The second kappa shape index (κ2) is 5.50. The first-order chi connectivity index (χ1) is 10.1. The molecule has 1 amide bonds. The Kier molecular flexibility index (Phi) is 3.69. The van der Waals surface area contributed by atoms with Gasteiger partial charge in [-0.3, -0.25) is 14.2 Å². The first kappa shape index (κ1) is 14.1. The molecule has 0 atom stereocenters. The van der Waals surface area contributed by atoms with Gasteiger partial charge in [0.15, 0.2) is 5.16 Å². The van der Waals surface area contributed by atoms with Crippen LogP contribution in [-0.2, 0) is 6.54 Å². The van der Waals surface area contributed by atoms with Crippen LogP contribution in [0.5, 0.6) is 0 Å². The lowest BCUT2D eigenvalue weighted by atomic mass is 10.2. The van der Waals surface area contributed by atoms with Gasteiger partial charge in [-0.25, -0.2) is 9.37 Å². The molecule has 1 aliphatic rings. The summed E-state index contributed by atoms with van der Waals surface area (Å²) in [5.74, 6) is -0.362. The van der Waals surface area contributed by atoms with Crippen LogP contribution in [0.25, 0.3) is 0 Å². The summed E-state index contributed by atoms with van der Waals surface area (Å²) >= 11 is 7.31. The molecule has 0 radical (unpaired) electrons. The normalized spacial score (nSPS) is 13.0. The Morgan fingerprint density at radius 3 is 3.05 bits per heavy atom. The van der Waals surface area contributed by atoms with Crippen molar-refractivity contribution in [1.29, 1.82) is 0 Å². The molecular weight excluding hydrogens is 317 g/mol. The minimum absolute atomic E-state index is 0.0631. The fourth-order valence-electron chi connectivity index (χ4n) is 1.95. The predicted octanol–water partition coefficient (Wildman–Crippen LogP) is 2.39. The molecule has 5 nitrogen and oxygen atoms in total. The third-order valence-corrected chi connectivity index (χ3v) is 4.26. The third-order valence-electron chi connectivity index (χ3n) is 2.98. The maximum absolute atomic E-state index is 13.0. The zero-order chi connectivity index (χ0) is 15.0. The van der Waals surface area contributed by atoms with Crippen molar-refractivity contribution in [2.24, 2.45) is 0 Å². The largest absolute Gasteiger partial charge is 0.320 e. The SMILES string of the molecule is O=C(Nc1ccc(F)cc1Cl)c1cnc2n(c1=O)CCS2. The van der Waals surface area contributed by atoms with Gasteiger partial charge in [-0.15, -0.1) is 0 Å². The molecule has 0 saturated carbocycles. The van der Waals surface area contributed by atoms with Gasteiger partial charge >= 0.3 is 0 Å². The van der Waals surface area contributed by atoms with E-state index in [0.29, 0.717) is 11.7 Å². The molecule has 108 valence electrons. The van der Waals surface area contributed by atoms with E-state index in [0.717, 1.165) is 11.8 Å². The van der Waals surface area contributed by atoms with E-state index >= 15 is 0 Å². The Bertz CT molecular complexity index is 793. The number of aromatic nitrogens is 2. The number of anilines is 1. The second-order valence-electron chi connectivity index (χ2n) is 4.34. The van der Waals surface area contributed by atoms with Crippen molar-refractivity contribution in [3.63, 3.8) is 0 Å². The maximum atomic E-state index is 13.0. The first-order valence-electron chi connectivity index (χ1n) is 6.05. The van der Waals surface area contributed by atoms with Gasteiger partial charge in [-0.2, -0.15) is 0 Å². The Hall–Kier alpha value is -1.86. The molecule has 0 unspecified atom stereocenters. The van der Waals surface area contributed by atoms with Crippen LogP contribution >= 0.6 is 23.4 Å². The van der Waals surface area contributed by atoms with Crippen molar-refractivity contribution in [3.8, 4) is 0 Å². The molecule has 8 heteroatoms. The first-order valence-corrected chi connectivity index (χ1v) is 7.41. The second-order valence-corrected chi connectivity index (χ2v) is 5.81. The van der Waals surface area contributed by atoms with Gasteiger partial charge in [0, 0.05) is 18.5 Å². The minimum Gasteiger partial charge on any atom is -0.320 e. The van der Waals surface area contributed by atoms with Crippen LogP contribution in [-0.4, -0.2) is 21.2 Å². The molecule has 2 heterocycles. The zero-order valence-electron chi connectivity index (χ0n) is 10.6. The molecule has 2 aromatic rings. The van der Waals surface area contributed by atoms with Gasteiger partial charge in [0.05, 0.1) is 10.7 Å². The van der Waals surface area contributed by atoms with Crippen molar-refractivity contribution in [2.75, 3.05) is 11.1 Å². The number of thioether (sulfide) groups is 1. The summed E-state index contributed by atoms with van der Waals surface area (Å²) in [7, 11) is 0. The van der Waals surface area contributed by atoms with E-state index in [-0.39, 0.29) is 21.8 Å². The molecule has 1 aliphatic heterocycles. The van der Waals surface area contributed by atoms with Crippen LogP contribution in [0.1, 0.15) is 10.4 Å². The number of benzene rings is 1. The number of carbonyl (C=O) groups is 1. The molecule has 0 bridgehead atoms. The number of fused-ring (bicyclic) bond motifs is 1. The molecule has 1 N–H and O–H groups in total. The van der Waals surface area contributed by atoms with E-state index in [4.69, 9.17) is 11.6 Å². The smallest absolute Gasteiger partial charge is 0.267 e. The van der Waals surface area contributed by atoms with E-state index in [1.807, 2.05) is 0 Å². The monoisotopic (exact) mass is 325 g/mol. The van der Waals surface area contributed by atoms with Gasteiger partial charge in [0.25, 0.3) is 11.5 Å². The fourth-order valence-corrected chi connectivity index (χ4v) is 3.08. The quantitative estimate of drug-likeness (QED) is 0.861. The summed E-state index contributed by atoms with van der Waals surface area (Å²) in [5, 5.41) is 3.16. The van der Waals surface area contributed by atoms with Crippen molar-refractivity contribution < 1.29 is 9.18 Å². The van der Waals surface area contributed by atoms with Crippen molar-refractivity contribution in [2.45, 2.75) is 11.7 Å². The van der Waals surface area contributed by atoms with E-state index in [9.17, 15) is 14.0 Å². The topological polar surface area (TPSA) is 64.0 Å². The molecule has 3 rings (SSSR count). The highest BCUT2D eigenvalue weighted by Crippen LogP contribution is 2.23. The standard InChI is InChI=1S/C13H9ClFN3O2S/c14-9-5-7(15)1-2-10(9)17-11(19)8-6-16-13-18(12(8)20)3-4-21-13/h1-2,5-6H,3-4H2,(H,17,19). The summed E-state index contributed by atoms with van der Waals surface area (Å²) < 4.78 is 14.4. The summed E-state index contributed by atoms with van der Waals surface area (Å²) in [6.45, 7) is 0.532. The van der Waals surface area contributed by atoms with E-state index in [1.54, 1.807) is 0 Å². The van der Waals surface area contributed by atoms with Crippen LogP contribution in [0.2, 0.25) is 5.02 Å². The number of halogens is 2. The number of rotatable bonds is 2. The highest BCUT2D eigenvalue weighted by atomic mass is 35.5. The Morgan fingerprint density at radius 2 is 2.29 bits per heavy atom. The third kappa shape index (κ3) is 2.66. The van der Waals surface area contributed by atoms with E-state index in [2.05, 4.69) is 10.3 Å². The number of hydrogen-bond acceptors (Lipinski definition) is 4. The fraction of sp³-hybridized carbons (Fsp3) is 0.154. The van der Waals surface area contributed by atoms with Gasteiger partial charge in [-0.1, -0.05) is 23.4 Å². The number of hydrogen-bond donors (Lipinski definition) is 1. The zero-order valence-corrected chi connectivity index (χ0v) is 12.2. The van der Waals surface area contributed by atoms with Gasteiger partial charge in [0.2, 0.25) is 0 Å². The van der Waals surface area contributed by atoms with Crippen molar-refractivity contribution in [1.82, 2.24) is 9.55 Å². The number of nitrogens with zero attached hydrogens (tertiary/aromatic N) is 2. The summed E-state index contributed by atoms with van der Waals surface area (Å²) in [5.41, 5.74) is -0.218. The molecule has 0 aliphatic carbocycles. The lowest BCUT2D eigenvalue weighted by molar-refractivity contribution is 0.102. The highest BCUT2D eigenvalue weighted by Gasteiger charge is 2.20. The lowest BCUT2D eigenvalue weighted by Crippen LogP contribution is -2.29. The van der Waals surface area contributed by atoms with Crippen molar-refractivity contribution >= 4 is 35.0 Å². The molecule has 0 saturated heterocycles. The van der Waals surface area contributed by atoms with Crippen LogP contribution in [0.15, 0.2) is 34.3 Å². The van der Waals surface area contributed by atoms with Gasteiger partial charge in [0.1, 0.15) is 11.4 Å². The van der Waals surface area contributed by atoms with Crippen LogP contribution in [0.4, 0.5) is 10.1 Å². The molecule has 0 fully saturated rings.